The molecule has 1 unspecified atom stereocenters. The van der Waals surface area contributed by atoms with E-state index in [9.17, 15) is 4.79 Å². The first kappa shape index (κ1) is 15.0. The number of carbonyl (C=O) groups excluding carboxylic acids is 1. The molecule has 0 bridgehead atoms. The second kappa shape index (κ2) is 6.88. The molecule has 4 nitrogen and oxygen atoms in total. The Hall–Kier alpha value is -2.36. The molecule has 1 N–H and O–H groups in total. The van der Waals surface area contributed by atoms with Crippen LogP contribution in [0, 0.1) is 6.92 Å². The molecule has 2 rings (SSSR count). The Morgan fingerprint density at radius 1 is 1.24 bits per heavy atom. The summed E-state index contributed by atoms with van der Waals surface area (Å²) in [6, 6.07) is 13.9. The standard InChI is InChI=1S/C17H20N2O2/c1-12(14-7-5-4-6-8-14)11-18-16-10-9-15(13(2)19-16)17(20)21-3/h4-10,12H,11H2,1-3H3,(H,18,19). The zero-order valence-electron chi connectivity index (χ0n) is 12.6. The molecule has 1 aromatic carbocycles. The Bertz CT molecular complexity index is 611. The number of pyridine rings is 1. The lowest BCUT2D eigenvalue weighted by atomic mass is 10.0. The van der Waals surface area contributed by atoms with Gasteiger partial charge in [-0.1, -0.05) is 37.3 Å². The van der Waals surface area contributed by atoms with Gasteiger partial charge in [-0.2, -0.15) is 0 Å². The van der Waals surface area contributed by atoms with Gasteiger partial charge in [-0.05, 0) is 30.5 Å². The summed E-state index contributed by atoms with van der Waals surface area (Å²) in [7, 11) is 1.37. The largest absolute Gasteiger partial charge is 0.465 e. The Morgan fingerprint density at radius 3 is 2.57 bits per heavy atom. The number of aryl methyl sites for hydroxylation is 1. The maximum Gasteiger partial charge on any atom is 0.339 e. The summed E-state index contributed by atoms with van der Waals surface area (Å²) in [5, 5.41) is 3.30. The summed E-state index contributed by atoms with van der Waals surface area (Å²) < 4.78 is 4.71. The molecule has 0 aliphatic rings. The van der Waals surface area contributed by atoms with Crippen LogP contribution < -0.4 is 5.32 Å². The Kier molecular flexibility index (Phi) is 4.93. The van der Waals surface area contributed by atoms with Crippen molar-refractivity contribution < 1.29 is 9.53 Å². The third kappa shape index (κ3) is 3.81. The van der Waals surface area contributed by atoms with E-state index in [4.69, 9.17) is 4.74 Å². The number of esters is 1. The van der Waals surface area contributed by atoms with Crippen molar-refractivity contribution in [1.29, 1.82) is 0 Å². The number of methoxy groups -OCH3 is 1. The van der Waals surface area contributed by atoms with E-state index in [1.54, 1.807) is 19.1 Å². The molecule has 0 amide bonds. The molecule has 0 saturated carbocycles. The van der Waals surface area contributed by atoms with Gasteiger partial charge < -0.3 is 10.1 Å². The second-order valence-corrected chi connectivity index (χ2v) is 5.01. The van der Waals surface area contributed by atoms with Crippen molar-refractivity contribution >= 4 is 11.8 Å². The van der Waals surface area contributed by atoms with E-state index in [2.05, 4.69) is 29.4 Å². The normalized spacial score (nSPS) is 11.8. The van der Waals surface area contributed by atoms with Gasteiger partial charge in [0, 0.05) is 6.54 Å². The molecule has 0 saturated heterocycles. The van der Waals surface area contributed by atoms with E-state index in [0.717, 1.165) is 12.4 Å². The molecule has 4 heteroatoms. The van der Waals surface area contributed by atoms with Crippen LogP contribution in [0.25, 0.3) is 0 Å². The Labute approximate surface area is 125 Å². The van der Waals surface area contributed by atoms with E-state index >= 15 is 0 Å². The molecule has 1 atom stereocenters. The predicted molar refractivity (Wildman–Crippen MR) is 83.7 cm³/mol. The third-order valence-corrected chi connectivity index (χ3v) is 3.45. The third-order valence-electron chi connectivity index (χ3n) is 3.45. The maximum absolute atomic E-state index is 11.5. The summed E-state index contributed by atoms with van der Waals surface area (Å²) in [6.45, 7) is 4.75. The van der Waals surface area contributed by atoms with Crippen LogP contribution in [0.5, 0.6) is 0 Å². The van der Waals surface area contributed by atoms with E-state index in [1.165, 1.54) is 12.7 Å². The highest BCUT2D eigenvalue weighted by molar-refractivity contribution is 5.90. The van der Waals surface area contributed by atoms with Gasteiger partial charge in [-0.15, -0.1) is 0 Å². The number of nitrogens with one attached hydrogen (secondary N) is 1. The molecule has 0 spiro atoms. The van der Waals surface area contributed by atoms with Gasteiger partial charge in [0.25, 0.3) is 0 Å². The number of hydrogen-bond donors (Lipinski definition) is 1. The lowest BCUT2D eigenvalue weighted by Gasteiger charge is -2.14. The van der Waals surface area contributed by atoms with E-state index in [-0.39, 0.29) is 5.97 Å². The van der Waals surface area contributed by atoms with Crippen molar-refractivity contribution in [2.45, 2.75) is 19.8 Å². The van der Waals surface area contributed by atoms with E-state index in [0.29, 0.717) is 17.2 Å². The minimum Gasteiger partial charge on any atom is -0.465 e. The van der Waals surface area contributed by atoms with Gasteiger partial charge in [0.2, 0.25) is 0 Å². The fraction of sp³-hybridized carbons (Fsp3) is 0.294. The number of aromatic nitrogens is 1. The number of nitrogens with zero attached hydrogens (tertiary/aromatic N) is 1. The van der Waals surface area contributed by atoms with Crippen molar-refractivity contribution in [3.05, 3.63) is 59.3 Å². The topological polar surface area (TPSA) is 51.2 Å². The summed E-state index contributed by atoms with van der Waals surface area (Å²) in [6.07, 6.45) is 0. The van der Waals surface area contributed by atoms with Crippen molar-refractivity contribution in [3.8, 4) is 0 Å². The molecular weight excluding hydrogens is 264 g/mol. The van der Waals surface area contributed by atoms with Crippen LogP contribution in [-0.4, -0.2) is 24.6 Å². The molecule has 0 aliphatic heterocycles. The highest BCUT2D eigenvalue weighted by Crippen LogP contribution is 2.16. The minimum atomic E-state index is -0.357. The minimum absolute atomic E-state index is 0.357. The van der Waals surface area contributed by atoms with Crippen LogP contribution in [0.4, 0.5) is 5.82 Å². The molecule has 0 fully saturated rings. The molecule has 21 heavy (non-hydrogen) atoms. The van der Waals surface area contributed by atoms with E-state index in [1.807, 2.05) is 18.2 Å². The van der Waals surface area contributed by atoms with Gasteiger partial charge in [0.1, 0.15) is 5.82 Å². The van der Waals surface area contributed by atoms with Gasteiger partial charge in [-0.25, -0.2) is 9.78 Å². The van der Waals surface area contributed by atoms with Gasteiger partial charge >= 0.3 is 5.97 Å². The summed E-state index contributed by atoms with van der Waals surface area (Å²) >= 11 is 0. The van der Waals surface area contributed by atoms with Crippen LogP contribution in [0.1, 0.15) is 34.5 Å². The smallest absolute Gasteiger partial charge is 0.339 e. The highest BCUT2D eigenvalue weighted by Gasteiger charge is 2.11. The Morgan fingerprint density at radius 2 is 1.95 bits per heavy atom. The first-order valence-electron chi connectivity index (χ1n) is 6.96. The predicted octanol–water partition coefficient (Wildman–Crippen LogP) is 3.39. The number of rotatable bonds is 5. The molecule has 0 aliphatic carbocycles. The number of ether oxygens (including phenoxy) is 1. The molecular formula is C17H20N2O2. The first-order valence-corrected chi connectivity index (χ1v) is 6.96. The molecule has 2 aromatic rings. The lowest BCUT2D eigenvalue weighted by molar-refractivity contribution is 0.0599. The number of benzene rings is 1. The molecule has 1 heterocycles. The fourth-order valence-electron chi connectivity index (χ4n) is 2.14. The zero-order valence-corrected chi connectivity index (χ0v) is 12.6. The Balaban J connectivity index is 2.01. The highest BCUT2D eigenvalue weighted by atomic mass is 16.5. The quantitative estimate of drug-likeness (QED) is 0.855. The SMILES string of the molecule is COC(=O)c1ccc(NCC(C)c2ccccc2)nc1C. The number of anilines is 1. The van der Waals surface area contributed by atoms with Crippen LogP contribution in [-0.2, 0) is 4.74 Å². The van der Waals surface area contributed by atoms with Crippen molar-refractivity contribution in [3.63, 3.8) is 0 Å². The summed E-state index contributed by atoms with van der Waals surface area (Å²) in [5.74, 6) is 0.792. The van der Waals surface area contributed by atoms with Gasteiger partial charge in [0.15, 0.2) is 0 Å². The van der Waals surface area contributed by atoms with Crippen molar-refractivity contribution in [1.82, 2.24) is 4.98 Å². The molecule has 110 valence electrons. The van der Waals surface area contributed by atoms with Gasteiger partial charge in [-0.3, -0.25) is 0 Å². The maximum atomic E-state index is 11.5. The monoisotopic (exact) mass is 284 g/mol. The van der Waals surface area contributed by atoms with E-state index < -0.39 is 0 Å². The average molecular weight is 284 g/mol. The van der Waals surface area contributed by atoms with Crippen LogP contribution in [0.15, 0.2) is 42.5 Å². The average Bonchev–Trinajstić information content (AvgIpc) is 2.52. The van der Waals surface area contributed by atoms with Crippen molar-refractivity contribution in [2.75, 3.05) is 19.0 Å². The van der Waals surface area contributed by atoms with Crippen LogP contribution >= 0.6 is 0 Å². The van der Waals surface area contributed by atoms with Crippen LogP contribution in [0.2, 0.25) is 0 Å². The lowest BCUT2D eigenvalue weighted by Crippen LogP contribution is -2.12. The second-order valence-electron chi connectivity index (χ2n) is 5.01. The number of hydrogen-bond acceptors (Lipinski definition) is 4. The van der Waals surface area contributed by atoms with Crippen molar-refractivity contribution in [2.24, 2.45) is 0 Å². The summed E-state index contributed by atoms with van der Waals surface area (Å²) in [4.78, 5) is 15.9. The molecule has 1 aromatic heterocycles. The molecule has 0 radical (unpaired) electrons. The zero-order chi connectivity index (χ0) is 15.2. The van der Waals surface area contributed by atoms with Crippen LogP contribution in [0.3, 0.4) is 0 Å². The fourth-order valence-corrected chi connectivity index (χ4v) is 2.14. The first-order chi connectivity index (χ1) is 10.1. The van der Waals surface area contributed by atoms with Gasteiger partial charge in [0.05, 0.1) is 18.4 Å². The number of carbonyl (C=O) groups is 1. The summed E-state index contributed by atoms with van der Waals surface area (Å²) in [5.41, 5.74) is 2.45.